The Labute approximate surface area is 154 Å². The normalized spacial score (nSPS) is 23.5. The van der Waals surface area contributed by atoms with E-state index in [4.69, 9.17) is 4.74 Å². The Hall–Kier alpha value is -2.39. The molecule has 2 saturated heterocycles. The molecule has 0 saturated carbocycles. The molecule has 2 fully saturated rings. The van der Waals surface area contributed by atoms with Crippen molar-refractivity contribution in [3.63, 3.8) is 0 Å². The predicted octanol–water partition coefficient (Wildman–Crippen LogP) is 0.823. The summed E-state index contributed by atoms with van der Waals surface area (Å²) in [5.41, 5.74) is 1.41. The minimum Gasteiger partial charge on any atom is -0.374 e. The molecule has 2 aliphatic heterocycles. The van der Waals surface area contributed by atoms with Crippen molar-refractivity contribution in [1.82, 2.24) is 24.4 Å². The van der Waals surface area contributed by atoms with Crippen molar-refractivity contribution in [1.29, 1.82) is 0 Å². The molecule has 2 aromatic heterocycles. The maximum Gasteiger partial charge on any atom is 0.275 e. The quantitative estimate of drug-likeness (QED) is 0.792. The highest BCUT2D eigenvalue weighted by molar-refractivity contribution is 7.03. The second kappa shape index (κ2) is 7.46. The van der Waals surface area contributed by atoms with E-state index in [2.05, 4.69) is 14.6 Å². The molecule has 0 N–H and O–H groups in total. The third-order valence-electron chi connectivity index (χ3n) is 4.87. The predicted molar refractivity (Wildman–Crippen MR) is 93.3 cm³/mol. The number of aromatic nitrogens is 3. The molecule has 136 valence electrons. The SMILES string of the molecule is O=C(c1csnn1)N1CC[C@H]2C(=O)N(Cc3ccncc3)CCO[C@H]2C1. The summed E-state index contributed by atoms with van der Waals surface area (Å²) in [6.45, 7) is 2.52. The fraction of sp³-hybridized carbons (Fsp3) is 0.471. The molecule has 2 aliphatic rings. The first-order chi connectivity index (χ1) is 12.7. The molecule has 4 heterocycles. The topological polar surface area (TPSA) is 88.5 Å². The Balaban J connectivity index is 1.44. The van der Waals surface area contributed by atoms with Crippen LogP contribution in [0.5, 0.6) is 0 Å². The van der Waals surface area contributed by atoms with Crippen LogP contribution in [-0.2, 0) is 16.1 Å². The standard InChI is InChI=1S/C17H19N5O3S/c23-16-13-3-6-21(17(24)14-11-26-20-19-14)10-15(13)25-8-7-22(16)9-12-1-4-18-5-2-12/h1-2,4-5,11,13,15H,3,6-10H2/t13-,15+/m1/s1. The zero-order chi connectivity index (χ0) is 17.9. The Kier molecular flexibility index (Phi) is 4.89. The fourth-order valence-electron chi connectivity index (χ4n) is 3.50. The number of hydrogen-bond acceptors (Lipinski definition) is 7. The monoisotopic (exact) mass is 373 g/mol. The van der Waals surface area contributed by atoms with Gasteiger partial charge in [-0.3, -0.25) is 14.6 Å². The fourth-order valence-corrected chi connectivity index (χ4v) is 3.93. The largest absolute Gasteiger partial charge is 0.374 e. The average Bonchev–Trinajstić information content (AvgIpc) is 3.17. The summed E-state index contributed by atoms with van der Waals surface area (Å²) < 4.78 is 9.68. The molecule has 8 nitrogen and oxygen atoms in total. The molecule has 0 radical (unpaired) electrons. The first-order valence-corrected chi connectivity index (χ1v) is 9.41. The third kappa shape index (κ3) is 3.45. The zero-order valence-electron chi connectivity index (χ0n) is 14.2. The molecule has 2 aromatic rings. The second-order valence-electron chi connectivity index (χ2n) is 6.46. The van der Waals surface area contributed by atoms with Gasteiger partial charge in [0.05, 0.1) is 18.6 Å². The summed E-state index contributed by atoms with van der Waals surface area (Å²) >= 11 is 1.15. The number of likely N-dealkylation sites (tertiary alicyclic amines) is 1. The van der Waals surface area contributed by atoms with E-state index >= 15 is 0 Å². The summed E-state index contributed by atoms with van der Waals surface area (Å²) in [5, 5.41) is 5.49. The highest BCUT2D eigenvalue weighted by atomic mass is 32.1. The number of nitrogens with zero attached hydrogens (tertiary/aromatic N) is 5. The first-order valence-electron chi connectivity index (χ1n) is 8.58. The van der Waals surface area contributed by atoms with Crippen LogP contribution in [0.25, 0.3) is 0 Å². The van der Waals surface area contributed by atoms with Gasteiger partial charge in [-0.05, 0) is 35.6 Å². The van der Waals surface area contributed by atoms with E-state index in [-0.39, 0.29) is 23.8 Å². The smallest absolute Gasteiger partial charge is 0.275 e. The van der Waals surface area contributed by atoms with Crippen LogP contribution in [0.2, 0.25) is 0 Å². The number of fused-ring (bicyclic) bond motifs is 1. The lowest BCUT2D eigenvalue weighted by Crippen LogP contribution is -2.51. The number of piperidine rings is 1. The van der Waals surface area contributed by atoms with Crippen molar-refractivity contribution in [3.05, 3.63) is 41.2 Å². The number of rotatable bonds is 3. The summed E-state index contributed by atoms with van der Waals surface area (Å²) in [6.07, 6.45) is 3.79. The maximum absolute atomic E-state index is 13.0. The van der Waals surface area contributed by atoms with Crippen molar-refractivity contribution < 1.29 is 14.3 Å². The van der Waals surface area contributed by atoms with E-state index in [9.17, 15) is 9.59 Å². The van der Waals surface area contributed by atoms with Crippen LogP contribution in [0, 0.1) is 5.92 Å². The number of carbonyl (C=O) groups is 2. The molecule has 0 spiro atoms. The van der Waals surface area contributed by atoms with E-state index in [1.807, 2.05) is 17.0 Å². The van der Waals surface area contributed by atoms with Crippen molar-refractivity contribution >= 4 is 23.3 Å². The Morgan fingerprint density at radius 3 is 2.92 bits per heavy atom. The van der Waals surface area contributed by atoms with Crippen LogP contribution < -0.4 is 0 Å². The molecule has 2 atom stereocenters. The number of amides is 2. The molecule has 26 heavy (non-hydrogen) atoms. The highest BCUT2D eigenvalue weighted by Crippen LogP contribution is 2.26. The minimum absolute atomic E-state index is 0.103. The molecule has 9 heteroatoms. The van der Waals surface area contributed by atoms with E-state index in [1.165, 1.54) is 0 Å². The van der Waals surface area contributed by atoms with Crippen LogP contribution >= 0.6 is 11.5 Å². The van der Waals surface area contributed by atoms with Gasteiger partial charge in [0, 0.05) is 44.0 Å². The van der Waals surface area contributed by atoms with Crippen LogP contribution in [0.1, 0.15) is 22.5 Å². The van der Waals surface area contributed by atoms with Gasteiger partial charge in [0.15, 0.2) is 5.69 Å². The molecule has 2 amide bonds. The molecular weight excluding hydrogens is 354 g/mol. The van der Waals surface area contributed by atoms with Gasteiger partial charge >= 0.3 is 0 Å². The summed E-state index contributed by atoms with van der Waals surface area (Å²) in [5.74, 6) is -0.255. The number of ether oxygens (including phenoxy) is 1. The molecular formula is C17H19N5O3S. The Morgan fingerprint density at radius 2 is 2.15 bits per heavy atom. The number of pyridine rings is 1. The Morgan fingerprint density at radius 1 is 1.31 bits per heavy atom. The van der Waals surface area contributed by atoms with E-state index in [0.717, 1.165) is 17.1 Å². The van der Waals surface area contributed by atoms with Crippen LogP contribution in [0.4, 0.5) is 0 Å². The van der Waals surface area contributed by atoms with E-state index < -0.39 is 0 Å². The second-order valence-corrected chi connectivity index (χ2v) is 7.07. The van der Waals surface area contributed by atoms with Crippen molar-refractivity contribution in [2.75, 3.05) is 26.2 Å². The van der Waals surface area contributed by atoms with Gasteiger partial charge in [-0.1, -0.05) is 4.49 Å². The van der Waals surface area contributed by atoms with Gasteiger partial charge in [-0.15, -0.1) is 5.10 Å². The van der Waals surface area contributed by atoms with Gasteiger partial charge in [-0.2, -0.15) is 0 Å². The molecule has 0 aromatic carbocycles. The molecule has 4 rings (SSSR count). The lowest BCUT2D eigenvalue weighted by molar-refractivity contribution is -0.139. The first kappa shape index (κ1) is 17.0. The highest BCUT2D eigenvalue weighted by Gasteiger charge is 2.40. The van der Waals surface area contributed by atoms with Gasteiger partial charge in [0.1, 0.15) is 0 Å². The van der Waals surface area contributed by atoms with Crippen LogP contribution in [0.15, 0.2) is 29.9 Å². The zero-order valence-corrected chi connectivity index (χ0v) is 15.0. The number of carbonyl (C=O) groups excluding carboxylic acids is 2. The van der Waals surface area contributed by atoms with Gasteiger partial charge in [0.2, 0.25) is 5.91 Å². The van der Waals surface area contributed by atoms with E-state index in [0.29, 0.717) is 44.9 Å². The maximum atomic E-state index is 13.0. The Bertz CT molecular complexity index is 770. The van der Waals surface area contributed by atoms with Gasteiger partial charge in [0.25, 0.3) is 5.91 Å². The lowest BCUT2D eigenvalue weighted by atomic mass is 9.92. The van der Waals surface area contributed by atoms with Crippen LogP contribution in [0.3, 0.4) is 0 Å². The minimum atomic E-state index is -0.269. The third-order valence-corrected chi connectivity index (χ3v) is 5.37. The van der Waals surface area contributed by atoms with Gasteiger partial charge in [-0.25, -0.2) is 0 Å². The lowest BCUT2D eigenvalue weighted by Gasteiger charge is -2.36. The van der Waals surface area contributed by atoms with E-state index in [1.54, 1.807) is 22.7 Å². The molecule has 0 bridgehead atoms. The average molecular weight is 373 g/mol. The summed E-state index contributed by atoms with van der Waals surface area (Å²) in [4.78, 5) is 33.1. The van der Waals surface area contributed by atoms with Gasteiger partial charge < -0.3 is 14.5 Å². The van der Waals surface area contributed by atoms with Crippen molar-refractivity contribution in [3.8, 4) is 0 Å². The van der Waals surface area contributed by atoms with Crippen molar-refractivity contribution in [2.45, 2.75) is 19.1 Å². The van der Waals surface area contributed by atoms with Crippen molar-refractivity contribution in [2.24, 2.45) is 5.92 Å². The summed E-state index contributed by atoms with van der Waals surface area (Å²) in [6, 6.07) is 3.83. The molecule has 0 unspecified atom stereocenters. The molecule has 0 aliphatic carbocycles. The van der Waals surface area contributed by atoms with Crippen LogP contribution in [-0.4, -0.2) is 68.5 Å². The summed E-state index contributed by atoms with van der Waals surface area (Å²) in [7, 11) is 0. The number of hydrogen-bond donors (Lipinski definition) is 0.